The van der Waals surface area contributed by atoms with Crippen molar-refractivity contribution in [1.29, 1.82) is 0 Å². The fourth-order valence-electron chi connectivity index (χ4n) is 2.07. The highest BCUT2D eigenvalue weighted by molar-refractivity contribution is 4.64. The van der Waals surface area contributed by atoms with E-state index in [1.54, 1.807) is 0 Å². The van der Waals surface area contributed by atoms with E-state index in [1.165, 1.54) is 25.7 Å². The van der Waals surface area contributed by atoms with Gasteiger partial charge < -0.3 is 14.6 Å². The molecule has 102 valence electrons. The molecule has 0 bridgehead atoms. The molecule has 1 unspecified atom stereocenters. The molecule has 1 aliphatic rings. The molecule has 0 saturated carbocycles. The van der Waals surface area contributed by atoms with E-state index in [1.807, 2.05) is 13.8 Å². The van der Waals surface area contributed by atoms with Gasteiger partial charge in [-0.2, -0.15) is 0 Å². The van der Waals surface area contributed by atoms with Crippen LogP contribution in [0.25, 0.3) is 0 Å². The van der Waals surface area contributed by atoms with Crippen molar-refractivity contribution in [1.82, 2.24) is 0 Å². The summed E-state index contributed by atoms with van der Waals surface area (Å²) in [4.78, 5) is 0. The highest BCUT2D eigenvalue weighted by atomic mass is 16.7. The van der Waals surface area contributed by atoms with Gasteiger partial charge in [-0.3, -0.25) is 0 Å². The molecule has 0 aromatic rings. The van der Waals surface area contributed by atoms with Crippen LogP contribution in [0.5, 0.6) is 0 Å². The quantitative estimate of drug-likeness (QED) is 0.666. The first-order valence-corrected chi connectivity index (χ1v) is 7.03. The van der Waals surface area contributed by atoms with Crippen molar-refractivity contribution < 1.29 is 14.6 Å². The number of ether oxygens (including phenoxy) is 2. The van der Waals surface area contributed by atoms with Crippen LogP contribution in [0.3, 0.4) is 0 Å². The Bertz CT molecular complexity index is 180. The van der Waals surface area contributed by atoms with E-state index < -0.39 is 5.60 Å². The highest BCUT2D eigenvalue weighted by Crippen LogP contribution is 2.16. The van der Waals surface area contributed by atoms with Gasteiger partial charge in [-0.1, -0.05) is 19.3 Å². The Balaban J connectivity index is 1.84. The van der Waals surface area contributed by atoms with Crippen LogP contribution in [0.4, 0.5) is 0 Å². The van der Waals surface area contributed by atoms with Crippen molar-refractivity contribution in [3.05, 3.63) is 0 Å². The molecule has 17 heavy (non-hydrogen) atoms. The predicted octanol–water partition coefficient (Wildman–Crippen LogP) is 3.25. The molecule has 1 aliphatic heterocycles. The molecule has 3 heteroatoms. The van der Waals surface area contributed by atoms with Crippen molar-refractivity contribution in [2.24, 2.45) is 0 Å². The van der Waals surface area contributed by atoms with Crippen molar-refractivity contribution in [3.8, 4) is 0 Å². The maximum Gasteiger partial charge on any atom is 0.157 e. The fourth-order valence-corrected chi connectivity index (χ4v) is 2.07. The standard InChI is InChI=1S/C14H28O3/c1-14(2,15)10-6-3-4-7-11-16-13-9-5-8-12-17-13/h13,15H,3-12H2,1-2H3. The zero-order valence-corrected chi connectivity index (χ0v) is 11.4. The monoisotopic (exact) mass is 244 g/mol. The molecule has 0 aliphatic carbocycles. The second-order valence-electron chi connectivity index (χ2n) is 5.64. The summed E-state index contributed by atoms with van der Waals surface area (Å²) in [5.74, 6) is 0. The van der Waals surface area contributed by atoms with E-state index in [9.17, 15) is 5.11 Å². The van der Waals surface area contributed by atoms with Gasteiger partial charge in [0.1, 0.15) is 0 Å². The third-order valence-electron chi connectivity index (χ3n) is 3.12. The van der Waals surface area contributed by atoms with E-state index in [0.29, 0.717) is 0 Å². The first-order chi connectivity index (χ1) is 8.08. The van der Waals surface area contributed by atoms with Crippen LogP contribution < -0.4 is 0 Å². The minimum atomic E-state index is -0.508. The molecule has 0 radical (unpaired) electrons. The maximum atomic E-state index is 9.55. The molecule has 1 N–H and O–H groups in total. The molecule has 0 spiro atoms. The highest BCUT2D eigenvalue weighted by Gasteiger charge is 2.13. The first kappa shape index (κ1) is 14.9. The third kappa shape index (κ3) is 8.58. The molecule has 1 heterocycles. The Kier molecular flexibility index (Phi) is 7.09. The van der Waals surface area contributed by atoms with Gasteiger partial charge in [0.2, 0.25) is 0 Å². The van der Waals surface area contributed by atoms with E-state index in [4.69, 9.17) is 9.47 Å². The van der Waals surface area contributed by atoms with Crippen molar-refractivity contribution in [3.63, 3.8) is 0 Å². The summed E-state index contributed by atoms with van der Waals surface area (Å²) in [6.07, 6.45) is 8.97. The minimum absolute atomic E-state index is 0.0557. The van der Waals surface area contributed by atoms with E-state index in [0.717, 1.165) is 38.9 Å². The van der Waals surface area contributed by atoms with Gasteiger partial charge in [0, 0.05) is 13.2 Å². The fraction of sp³-hybridized carbons (Fsp3) is 1.00. The zero-order chi connectivity index (χ0) is 12.6. The summed E-state index contributed by atoms with van der Waals surface area (Å²) in [6, 6.07) is 0. The lowest BCUT2D eigenvalue weighted by molar-refractivity contribution is -0.162. The van der Waals surface area contributed by atoms with E-state index in [2.05, 4.69) is 0 Å². The molecule has 3 nitrogen and oxygen atoms in total. The van der Waals surface area contributed by atoms with Gasteiger partial charge in [-0.25, -0.2) is 0 Å². The lowest BCUT2D eigenvalue weighted by Gasteiger charge is -2.22. The Labute approximate surface area is 105 Å². The number of rotatable bonds is 8. The summed E-state index contributed by atoms with van der Waals surface area (Å²) < 4.78 is 11.2. The normalized spacial score (nSPS) is 21.7. The predicted molar refractivity (Wildman–Crippen MR) is 68.9 cm³/mol. The summed E-state index contributed by atoms with van der Waals surface area (Å²) in [6.45, 7) is 5.41. The molecule has 0 aromatic carbocycles. The van der Waals surface area contributed by atoms with Gasteiger partial charge in [-0.15, -0.1) is 0 Å². The average molecular weight is 244 g/mol. The van der Waals surface area contributed by atoms with Crippen LogP contribution in [0.1, 0.15) is 65.2 Å². The average Bonchev–Trinajstić information content (AvgIpc) is 2.28. The summed E-state index contributed by atoms with van der Waals surface area (Å²) in [5, 5.41) is 9.55. The zero-order valence-electron chi connectivity index (χ0n) is 11.4. The van der Waals surface area contributed by atoms with Crippen LogP contribution in [-0.4, -0.2) is 30.2 Å². The Morgan fingerprint density at radius 1 is 1.18 bits per heavy atom. The molecular formula is C14H28O3. The second-order valence-corrected chi connectivity index (χ2v) is 5.64. The summed E-state index contributed by atoms with van der Waals surface area (Å²) in [5.41, 5.74) is -0.508. The molecule has 1 rings (SSSR count). The van der Waals surface area contributed by atoms with Crippen LogP contribution in [0.15, 0.2) is 0 Å². The maximum absolute atomic E-state index is 9.55. The summed E-state index contributed by atoms with van der Waals surface area (Å²) >= 11 is 0. The van der Waals surface area contributed by atoms with Crippen molar-refractivity contribution in [2.75, 3.05) is 13.2 Å². The van der Waals surface area contributed by atoms with Gasteiger partial charge in [0.25, 0.3) is 0 Å². The number of unbranched alkanes of at least 4 members (excludes halogenated alkanes) is 3. The van der Waals surface area contributed by atoms with Crippen LogP contribution in [0, 0.1) is 0 Å². The van der Waals surface area contributed by atoms with Gasteiger partial charge in [0.05, 0.1) is 5.60 Å². The molecule has 1 fully saturated rings. The number of hydrogen-bond donors (Lipinski definition) is 1. The molecule has 0 aromatic heterocycles. The lowest BCUT2D eigenvalue weighted by Crippen LogP contribution is -2.22. The lowest BCUT2D eigenvalue weighted by atomic mass is 10.0. The van der Waals surface area contributed by atoms with Crippen molar-refractivity contribution in [2.45, 2.75) is 77.1 Å². The minimum Gasteiger partial charge on any atom is -0.390 e. The second kappa shape index (κ2) is 8.06. The Morgan fingerprint density at radius 3 is 2.59 bits per heavy atom. The summed E-state index contributed by atoms with van der Waals surface area (Å²) in [7, 11) is 0. The van der Waals surface area contributed by atoms with E-state index in [-0.39, 0.29) is 6.29 Å². The van der Waals surface area contributed by atoms with Crippen LogP contribution >= 0.6 is 0 Å². The first-order valence-electron chi connectivity index (χ1n) is 7.03. The van der Waals surface area contributed by atoms with E-state index >= 15 is 0 Å². The third-order valence-corrected chi connectivity index (χ3v) is 3.12. The molecule has 0 amide bonds. The van der Waals surface area contributed by atoms with Crippen LogP contribution in [0.2, 0.25) is 0 Å². The molecule has 1 saturated heterocycles. The number of aliphatic hydroxyl groups is 1. The van der Waals surface area contributed by atoms with Gasteiger partial charge in [-0.05, 0) is 46.0 Å². The topological polar surface area (TPSA) is 38.7 Å². The largest absolute Gasteiger partial charge is 0.390 e. The van der Waals surface area contributed by atoms with Gasteiger partial charge in [0.15, 0.2) is 6.29 Å². The SMILES string of the molecule is CC(C)(O)CCCCCCOC1CCCCO1. The van der Waals surface area contributed by atoms with Crippen molar-refractivity contribution >= 4 is 0 Å². The smallest absolute Gasteiger partial charge is 0.157 e. The van der Waals surface area contributed by atoms with Gasteiger partial charge >= 0.3 is 0 Å². The Hall–Kier alpha value is -0.120. The number of hydrogen-bond acceptors (Lipinski definition) is 3. The molecular weight excluding hydrogens is 216 g/mol. The molecule has 1 atom stereocenters. The Morgan fingerprint density at radius 2 is 1.94 bits per heavy atom. The van der Waals surface area contributed by atoms with Crippen LogP contribution in [-0.2, 0) is 9.47 Å².